The number of carbonyl (C=O) groups is 1. The van der Waals surface area contributed by atoms with E-state index in [2.05, 4.69) is 15.6 Å². The number of aryl methyl sites for hydroxylation is 1. The SMILES string of the molecule is Cc1cnc2c(c1)NC(=O)C(C(C)C)N2. The van der Waals surface area contributed by atoms with Crippen LogP contribution in [-0.4, -0.2) is 16.9 Å². The first-order valence-corrected chi connectivity index (χ1v) is 5.12. The largest absolute Gasteiger partial charge is 0.356 e. The standard InChI is InChI=1S/C11H15N3O/c1-6(2)9-11(15)13-8-4-7(3)5-12-10(8)14-9/h4-6,9H,1-3H3,(H,12,14)(H,13,15). The quantitative estimate of drug-likeness (QED) is 0.734. The number of pyridine rings is 1. The van der Waals surface area contributed by atoms with E-state index in [-0.39, 0.29) is 17.9 Å². The smallest absolute Gasteiger partial charge is 0.247 e. The molecule has 0 bridgehead atoms. The van der Waals surface area contributed by atoms with E-state index >= 15 is 0 Å². The Morgan fingerprint density at radius 1 is 1.47 bits per heavy atom. The summed E-state index contributed by atoms with van der Waals surface area (Å²) in [6.07, 6.45) is 1.79. The van der Waals surface area contributed by atoms with Crippen molar-refractivity contribution in [3.05, 3.63) is 17.8 Å². The Hall–Kier alpha value is -1.58. The van der Waals surface area contributed by atoms with Gasteiger partial charge in [-0.2, -0.15) is 0 Å². The third-order valence-electron chi connectivity index (χ3n) is 2.52. The number of rotatable bonds is 1. The van der Waals surface area contributed by atoms with Crippen molar-refractivity contribution in [1.82, 2.24) is 4.98 Å². The number of anilines is 2. The van der Waals surface area contributed by atoms with E-state index in [0.717, 1.165) is 17.1 Å². The molecule has 0 aliphatic carbocycles. The van der Waals surface area contributed by atoms with Gasteiger partial charge in [0.05, 0.1) is 5.69 Å². The number of hydrogen-bond donors (Lipinski definition) is 2. The van der Waals surface area contributed by atoms with E-state index in [9.17, 15) is 4.79 Å². The first kappa shape index (κ1) is 9.96. The number of fused-ring (bicyclic) bond motifs is 1. The molecule has 0 aromatic carbocycles. The Bertz CT molecular complexity index is 401. The Labute approximate surface area is 89.1 Å². The van der Waals surface area contributed by atoms with Gasteiger partial charge in [0, 0.05) is 6.20 Å². The van der Waals surface area contributed by atoms with E-state index in [1.807, 2.05) is 26.8 Å². The molecule has 2 heterocycles. The van der Waals surface area contributed by atoms with Gasteiger partial charge in [0.25, 0.3) is 0 Å². The molecule has 0 radical (unpaired) electrons. The normalized spacial score (nSPS) is 19.5. The third-order valence-corrected chi connectivity index (χ3v) is 2.52. The lowest BCUT2D eigenvalue weighted by atomic mass is 10.0. The van der Waals surface area contributed by atoms with Gasteiger partial charge in [-0.3, -0.25) is 4.79 Å². The second-order valence-electron chi connectivity index (χ2n) is 4.26. The van der Waals surface area contributed by atoms with Crippen molar-refractivity contribution in [2.75, 3.05) is 10.6 Å². The number of aromatic nitrogens is 1. The molecular formula is C11H15N3O. The van der Waals surface area contributed by atoms with Crippen molar-refractivity contribution >= 4 is 17.4 Å². The zero-order valence-electron chi connectivity index (χ0n) is 9.16. The van der Waals surface area contributed by atoms with E-state index in [0.29, 0.717) is 0 Å². The highest BCUT2D eigenvalue weighted by Gasteiger charge is 2.28. The highest BCUT2D eigenvalue weighted by Crippen LogP contribution is 2.26. The van der Waals surface area contributed by atoms with Gasteiger partial charge in [0.2, 0.25) is 5.91 Å². The van der Waals surface area contributed by atoms with Crippen molar-refractivity contribution in [1.29, 1.82) is 0 Å². The molecule has 1 aromatic rings. The Balaban J connectivity index is 2.34. The molecule has 0 fully saturated rings. The van der Waals surface area contributed by atoms with Crippen LogP contribution in [0.1, 0.15) is 19.4 Å². The molecule has 1 aliphatic heterocycles. The van der Waals surface area contributed by atoms with Crippen LogP contribution in [0.2, 0.25) is 0 Å². The van der Waals surface area contributed by atoms with Gasteiger partial charge in [-0.05, 0) is 24.5 Å². The van der Waals surface area contributed by atoms with Crippen molar-refractivity contribution in [3.8, 4) is 0 Å². The van der Waals surface area contributed by atoms with Crippen LogP contribution in [0.4, 0.5) is 11.5 Å². The topological polar surface area (TPSA) is 54.0 Å². The summed E-state index contributed by atoms with van der Waals surface area (Å²) < 4.78 is 0. The average Bonchev–Trinajstić information content (AvgIpc) is 2.15. The summed E-state index contributed by atoms with van der Waals surface area (Å²) in [6.45, 7) is 5.97. The van der Waals surface area contributed by atoms with Gasteiger partial charge < -0.3 is 10.6 Å². The highest BCUT2D eigenvalue weighted by molar-refractivity contribution is 6.02. The molecule has 0 saturated carbocycles. The summed E-state index contributed by atoms with van der Waals surface area (Å²) in [5.74, 6) is 1.03. The number of nitrogens with one attached hydrogen (secondary N) is 2. The molecule has 0 spiro atoms. The predicted octanol–water partition coefficient (Wildman–Crippen LogP) is 1.78. The van der Waals surface area contributed by atoms with E-state index < -0.39 is 0 Å². The molecule has 1 aromatic heterocycles. The summed E-state index contributed by atoms with van der Waals surface area (Å²) in [7, 11) is 0. The Morgan fingerprint density at radius 2 is 2.20 bits per heavy atom. The van der Waals surface area contributed by atoms with Gasteiger partial charge in [-0.1, -0.05) is 13.8 Å². The number of hydrogen-bond acceptors (Lipinski definition) is 3. The summed E-state index contributed by atoms with van der Waals surface area (Å²) in [6, 6.07) is 1.73. The van der Waals surface area contributed by atoms with Crippen LogP contribution < -0.4 is 10.6 Å². The maximum Gasteiger partial charge on any atom is 0.247 e. The lowest BCUT2D eigenvalue weighted by Crippen LogP contribution is -2.42. The number of carbonyl (C=O) groups excluding carboxylic acids is 1. The van der Waals surface area contributed by atoms with Crippen LogP contribution in [0.15, 0.2) is 12.3 Å². The summed E-state index contributed by atoms with van der Waals surface area (Å²) >= 11 is 0. The zero-order chi connectivity index (χ0) is 11.0. The number of nitrogens with zero attached hydrogens (tertiary/aromatic N) is 1. The molecule has 1 amide bonds. The van der Waals surface area contributed by atoms with E-state index in [1.54, 1.807) is 6.20 Å². The molecule has 0 saturated heterocycles. The van der Waals surface area contributed by atoms with Crippen LogP contribution in [0.5, 0.6) is 0 Å². The summed E-state index contributed by atoms with van der Waals surface area (Å²) in [5, 5.41) is 6.02. The molecule has 1 unspecified atom stereocenters. The van der Waals surface area contributed by atoms with Crippen molar-refractivity contribution in [2.24, 2.45) is 5.92 Å². The van der Waals surface area contributed by atoms with Crippen molar-refractivity contribution < 1.29 is 4.79 Å². The van der Waals surface area contributed by atoms with Crippen LogP contribution in [0, 0.1) is 12.8 Å². The fourth-order valence-corrected chi connectivity index (χ4v) is 1.67. The van der Waals surface area contributed by atoms with Gasteiger partial charge in [0.15, 0.2) is 0 Å². The molecule has 4 nitrogen and oxygen atoms in total. The van der Waals surface area contributed by atoms with Crippen LogP contribution >= 0.6 is 0 Å². The molecule has 2 N–H and O–H groups in total. The van der Waals surface area contributed by atoms with Crippen LogP contribution in [0.3, 0.4) is 0 Å². The summed E-state index contributed by atoms with van der Waals surface area (Å²) in [4.78, 5) is 16.0. The maximum absolute atomic E-state index is 11.7. The average molecular weight is 205 g/mol. The minimum absolute atomic E-state index is 0.0184. The zero-order valence-corrected chi connectivity index (χ0v) is 9.16. The lowest BCUT2D eigenvalue weighted by molar-refractivity contribution is -0.117. The van der Waals surface area contributed by atoms with Crippen LogP contribution in [-0.2, 0) is 4.79 Å². The maximum atomic E-state index is 11.7. The van der Waals surface area contributed by atoms with Gasteiger partial charge in [-0.15, -0.1) is 0 Å². The molecule has 1 aliphatic rings. The molecule has 15 heavy (non-hydrogen) atoms. The van der Waals surface area contributed by atoms with Gasteiger partial charge >= 0.3 is 0 Å². The first-order chi connectivity index (χ1) is 7.08. The van der Waals surface area contributed by atoms with E-state index in [1.165, 1.54) is 0 Å². The third kappa shape index (κ3) is 1.79. The molecule has 4 heteroatoms. The van der Waals surface area contributed by atoms with Gasteiger partial charge in [-0.25, -0.2) is 4.98 Å². The van der Waals surface area contributed by atoms with Crippen LogP contribution in [0.25, 0.3) is 0 Å². The molecule has 2 rings (SSSR count). The Kier molecular flexibility index (Phi) is 2.34. The number of amides is 1. The molecule has 1 atom stereocenters. The Morgan fingerprint density at radius 3 is 2.87 bits per heavy atom. The predicted molar refractivity (Wildman–Crippen MR) is 59.9 cm³/mol. The monoisotopic (exact) mass is 205 g/mol. The first-order valence-electron chi connectivity index (χ1n) is 5.12. The molecular weight excluding hydrogens is 190 g/mol. The lowest BCUT2D eigenvalue weighted by Gasteiger charge is -2.28. The van der Waals surface area contributed by atoms with Gasteiger partial charge in [0.1, 0.15) is 11.9 Å². The minimum atomic E-state index is -0.187. The highest BCUT2D eigenvalue weighted by atomic mass is 16.2. The summed E-state index contributed by atoms with van der Waals surface area (Å²) in [5.41, 5.74) is 1.82. The second-order valence-corrected chi connectivity index (χ2v) is 4.26. The van der Waals surface area contributed by atoms with Crippen molar-refractivity contribution in [2.45, 2.75) is 26.8 Å². The second kappa shape index (κ2) is 3.53. The van der Waals surface area contributed by atoms with Crippen molar-refractivity contribution in [3.63, 3.8) is 0 Å². The fourth-order valence-electron chi connectivity index (χ4n) is 1.67. The molecule has 80 valence electrons. The van der Waals surface area contributed by atoms with E-state index in [4.69, 9.17) is 0 Å². The minimum Gasteiger partial charge on any atom is -0.356 e. The fraction of sp³-hybridized carbons (Fsp3) is 0.455.